The molecule has 22 heavy (non-hydrogen) atoms. The molecule has 0 atom stereocenters. The molecule has 1 N–H and O–H groups in total. The third kappa shape index (κ3) is 3.06. The number of nitro benzene ring substituents is 1. The van der Waals surface area contributed by atoms with Crippen molar-refractivity contribution in [3.63, 3.8) is 0 Å². The van der Waals surface area contributed by atoms with Gasteiger partial charge in [-0.2, -0.15) is 0 Å². The minimum Gasteiger partial charge on any atom is -0.545 e. The van der Waals surface area contributed by atoms with Crippen molar-refractivity contribution in [2.75, 3.05) is 5.32 Å². The summed E-state index contributed by atoms with van der Waals surface area (Å²) >= 11 is 0. The van der Waals surface area contributed by atoms with Gasteiger partial charge in [-0.25, -0.2) is 4.98 Å². The van der Waals surface area contributed by atoms with Crippen LogP contribution < -0.4 is 10.4 Å². The highest BCUT2D eigenvalue weighted by atomic mass is 16.6. The van der Waals surface area contributed by atoms with Gasteiger partial charge in [0, 0.05) is 17.3 Å². The first kappa shape index (κ1) is 15.1. The van der Waals surface area contributed by atoms with E-state index in [1.807, 2.05) is 0 Å². The number of hydrogen-bond acceptors (Lipinski definition) is 6. The molecule has 1 aromatic carbocycles. The number of hydrogen-bond donors (Lipinski definition) is 1. The maximum absolute atomic E-state index is 12.2. The Labute approximate surface area is 124 Å². The summed E-state index contributed by atoms with van der Waals surface area (Å²) in [7, 11) is 0. The summed E-state index contributed by atoms with van der Waals surface area (Å²) in [6, 6.07) is 8.11. The fourth-order valence-corrected chi connectivity index (χ4v) is 1.89. The van der Waals surface area contributed by atoms with Crippen molar-refractivity contribution in [2.24, 2.45) is 0 Å². The highest BCUT2D eigenvalue weighted by molar-refractivity contribution is 6.12. The number of amides is 1. The number of carboxylic acids is 1. The summed E-state index contributed by atoms with van der Waals surface area (Å²) in [5, 5.41) is 24.4. The van der Waals surface area contributed by atoms with Crippen LogP contribution in [-0.2, 0) is 0 Å². The molecule has 112 valence electrons. The van der Waals surface area contributed by atoms with Crippen molar-refractivity contribution in [2.45, 2.75) is 6.92 Å². The Bertz CT molecular complexity index is 741. The van der Waals surface area contributed by atoms with Gasteiger partial charge in [0.05, 0.1) is 10.9 Å². The number of aryl methyl sites for hydroxylation is 1. The molecule has 8 nitrogen and oxygen atoms in total. The quantitative estimate of drug-likeness (QED) is 0.661. The molecule has 0 radical (unpaired) electrons. The van der Waals surface area contributed by atoms with Gasteiger partial charge in [0.15, 0.2) is 0 Å². The summed E-state index contributed by atoms with van der Waals surface area (Å²) in [4.78, 5) is 37.5. The highest BCUT2D eigenvalue weighted by Gasteiger charge is 2.24. The average Bonchev–Trinajstić information content (AvgIpc) is 2.46. The van der Waals surface area contributed by atoms with Crippen molar-refractivity contribution in [3.05, 3.63) is 63.3 Å². The van der Waals surface area contributed by atoms with Crippen molar-refractivity contribution in [3.8, 4) is 0 Å². The zero-order valence-electron chi connectivity index (χ0n) is 11.4. The Morgan fingerprint density at radius 3 is 2.45 bits per heavy atom. The monoisotopic (exact) mass is 300 g/mol. The van der Waals surface area contributed by atoms with Gasteiger partial charge >= 0.3 is 0 Å². The van der Waals surface area contributed by atoms with E-state index >= 15 is 0 Å². The second kappa shape index (κ2) is 6.00. The van der Waals surface area contributed by atoms with Crippen LogP contribution in [0.5, 0.6) is 0 Å². The number of anilines is 1. The van der Waals surface area contributed by atoms with E-state index in [0.717, 1.165) is 12.1 Å². The molecule has 2 aromatic rings. The summed E-state index contributed by atoms with van der Waals surface area (Å²) in [6.45, 7) is 1.70. The van der Waals surface area contributed by atoms with Crippen molar-refractivity contribution >= 4 is 23.4 Å². The predicted octanol–water partition coefficient (Wildman–Crippen LogP) is 0.914. The van der Waals surface area contributed by atoms with E-state index in [2.05, 4.69) is 10.3 Å². The fraction of sp³-hybridized carbons (Fsp3) is 0.0714. The first-order valence-corrected chi connectivity index (χ1v) is 6.14. The average molecular weight is 300 g/mol. The topological polar surface area (TPSA) is 125 Å². The number of nitrogens with zero attached hydrogens (tertiary/aromatic N) is 2. The standard InChI is InChI=1S/C14H11N3O5/c1-8-4-2-7-11(15-8)16-13(18)12-9(14(19)20)5-3-6-10(12)17(21)22/h2-7H,1H3,(H,19,20)(H,15,16,18)/p-1. The maximum Gasteiger partial charge on any atom is 0.282 e. The molecular weight excluding hydrogens is 290 g/mol. The van der Waals surface area contributed by atoms with Crippen LogP contribution in [0.4, 0.5) is 11.5 Å². The molecule has 0 unspecified atom stereocenters. The van der Waals surface area contributed by atoms with Crippen LogP contribution in [0, 0.1) is 17.0 Å². The van der Waals surface area contributed by atoms with Crippen LogP contribution in [0.25, 0.3) is 0 Å². The molecule has 2 rings (SSSR count). The van der Waals surface area contributed by atoms with Crippen LogP contribution in [-0.4, -0.2) is 21.8 Å². The zero-order chi connectivity index (χ0) is 16.3. The number of nitrogens with one attached hydrogen (secondary N) is 1. The molecule has 1 heterocycles. The maximum atomic E-state index is 12.2. The molecule has 0 fully saturated rings. The van der Waals surface area contributed by atoms with Crippen LogP contribution >= 0.6 is 0 Å². The van der Waals surface area contributed by atoms with Crippen LogP contribution in [0.1, 0.15) is 26.4 Å². The number of carbonyl (C=O) groups excluding carboxylic acids is 2. The Morgan fingerprint density at radius 2 is 1.86 bits per heavy atom. The van der Waals surface area contributed by atoms with Gasteiger partial charge in [-0.3, -0.25) is 14.9 Å². The van der Waals surface area contributed by atoms with E-state index in [1.165, 1.54) is 12.1 Å². The smallest absolute Gasteiger partial charge is 0.282 e. The molecule has 0 aliphatic carbocycles. The Morgan fingerprint density at radius 1 is 1.18 bits per heavy atom. The molecule has 0 aliphatic heterocycles. The first-order chi connectivity index (χ1) is 10.4. The van der Waals surface area contributed by atoms with E-state index in [9.17, 15) is 24.8 Å². The van der Waals surface area contributed by atoms with Crippen molar-refractivity contribution < 1.29 is 19.6 Å². The van der Waals surface area contributed by atoms with Crippen LogP contribution in [0.15, 0.2) is 36.4 Å². The second-order valence-electron chi connectivity index (χ2n) is 4.36. The van der Waals surface area contributed by atoms with Gasteiger partial charge < -0.3 is 15.2 Å². The summed E-state index contributed by atoms with van der Waals surface area (Å²) < 4.78 is 0. The van der Waals surface area contributed by atoms with Gasteiger partial charge in [-0.15, -0.1) is 0 Å². The predicted molar refractivity (Wildman–Crippen MR) is 74.4 cm³/mol. The number of rotatable bonds is 4. The largest absolute Gasteiger partial charge is 0.545 e. The summed E-state index contributed by atoms with van der Waals surface area (Å²) in [6.07, 6.45) is 0. The van der Waals surface area contributed by atoms with Gasteiger partial charge in [0.25, 0.3) is 11.6 Å². The Balaban J connectivity index is 2.48. The first-order valence-electron chi connectivity index (χ1n) is 6.14. The minimum atomic E-state index is -1.67. The molecule has 8 heteroatoms. The lowest BCUT2D eigenvalue weighted by molar-refractivity contribution is -0.385. The molecule has 0 spiro atoms. The van der Waals surface area contributed by atoms with E-state index < -0.39 is 33.6 Å². The summed E-state index contributed by atoms with van der Waals surface area (Å²) in [5.41, 5.74) is -1.12. The lowest BCUT2D eigenvalue weighted by Crippen LogP contribution is -2.27. The Kier molecular flexibility index (Phi) is 4.12. The molecule has 0 saturated carbocycles. The van der Waals surface area contributed by atoms with E-state index in [-0.39, 0.29) is 5.82 Å². The molecule has 0 saturated heterocycles. The van der Waals surface area contributed by atoms with E-state index in [1.54, 1.807) is 19.1 Å². The number of carboxylic acid groups (broad SMARTS) is 1. The molecule has 1 amide bonds. The lowest BCUT2D eigenvalue weighted by atomic mass is 10.0. The van der Waals surface area contributed by atoms with Gasteiger partial charge in [0.1, 0.15) is 11.4 Å². The number of aromatic nitrogens is 1. The van der Waals surface area contributed by atoms with E-state index in [4.69, 9.17) is 0 Å². The normalized spacial score (nSPS) is 10.0. The number of pyridine rings is 1. The highest BCUT2D eigenvalue weighted by Crippen LogP contribution is 2.23. The zero-order valence-corrected chi connectivity index (χ0v) is 11.4. The van der Waals surface area contributed by atoms with E-state index in [0.29, 0.717) is 5.69 Å². The van der Waals surface area contributed by atoms with Gasteiger partial charge in [-0.1, -0.05) is 18.2 Å². The third-order valence-corrected chi connectivity index (χ3v) is 2.82. The van der Waals surface area contributed by atoms with Gasteiger partial charge in [0.2, 0.25) is 0 Å². The number of aromatic carboxylic acids is 1. The second-order valence-corrected chi connectivity index (χ2v) is 4.36. The Hall–Kier alpha value is -3.29. The SMILES string of the molecule is Cc1cccc(NC(=O)c2c(C(=O)[O-])cccc2[N+](=O)[O-])n1. The number of carbonyl (C=O) groups is 2. The molecule has 0 aliphatic rings. The lowest BCUT2D eigenvalue weighted by Gasteiger charge is -2.11. The fourth-order valence-electron chi connectivity index (χ4n) is 1.89. The molecular formula is C14H10N3O5-. The van der Waals surface area contributed by atoms with Crippen molar-refractivity contribution in [1.82, 2.24) is 4.98 Å². The third-order valence-electron chi connectivity index (χ3n) is 2.82. The summed E-state index contributed by atoms with van der Waals surface area (Å²) in [5.74, 6) is -2.46. The minimum absolute atomic E-state index is 0.160. The number of nitro groups is 1. The molecule has 1 aromatic heterocycles. The van der Waals surface area contributed by atoms with Crippen molar-refractivity contribution in [1.29, 1.82) is 0 Å². The molecule has 0 bridgehead atoms. The van der Waals surface area contributed by atoms with Crippen LogP contribution in [0.3, 0.4) is 0 Å². The number of benzene rings is 1. The van der Waals surface area contributed by atoms with Gasteiger partial charge in [-0.05, 0) is 19.1 Å². The van der Waals surface area contributed by atoms with Crippen LogP contribution in [0.2, 0.25) is 0 Å².